The third-order valence-corrected chi connectivity index (χ3v) is 3.89. The summed E-state index contributed by atoms with van der Waals surface area (Å²) in [6, 6.07) is 16.6. The Balaban J connectivity index is 0.000000342. The Morgan fingerprint density at radius 2 is 1.69 bits per heavy atom. The maximum Gasteiger partial charge on any atom is 0.335 e. The molecule has 4 nitrogen and oxygen atoms in total. The van der Waals surface area contributed by atoms with E-state index in [0.717, 1.165) is 17.7 Å². The van der Waals surface area contributed by atoms with Crippen LogP contribution in [0.15, 0.2) is 73.2 Å². The van der Waals surface area contributed by atoms with Crippen molar-refractivity contribution in [3.8, 4) is 11.3 Å². The molecule has 0 radical (unpaired) electrons. The second-order valence-electron chi connectivity index (χ2n) is 5.92. The Kier molecular flexibility index (Phi) is 8.00. The number of hydrogen-bond acceptors (Lipinski definition) is 3. The Morgan fingerprint density at radius 1 is 0.962 bits per heavy atom. The summed E-state index contributed by atoms with van der Waals surface area (Å²) < 4.78 is 0. The van der Waals surface area contributed by atoms with Gasteiger partial charge >= 0.3 is 5.97 Å². The number of aromatic nitrogens is 2. The van der Waals surface area contributed by atoms with Crippen LogP contribution >= 0.6 is 0 Å². The van der Waals surface area contributed by atoms with Gasteiger partial charge in [0, 0.05) is 24.2 Å². The Labute approximate surface area is 154 Å². The number of carboxylic acid groups (broad SMARTS) is 1. The van der Waals surface area contributed by atoms with Crippen LogP contribution in [0, 0.1) is 0 Å². The highest BCUT2D eigenvalue weighted by molar-refractivity contribution is 5.88. The van der Waals surface area contributed by atoms with Crippen molar-refractivity contribution in [2.45, 2.75) is 32.6 Å². The Bertz CT molecular complexity index is 743. The summed E-state index contributed by atoms with van der Waals surface area (Å²) in [5.41, 5.74) is 3.37. The molecule has 0 amide bonds. The highest BCUT2D eigenvalue weighted by Gasteiger charge is 2.04. The van der Waals surface area contributed by atoms with Crippen molar-refractivity contribution in [2.24, 2.45) is 0 Å². The van der Waals surface area contributed by atoms with Crippen molar-refractivity contribution in [1.29, 1.82) is 0 Å². The van der Waals surface area contributed by atoms with Crippen LogP contribution in [0.1, 0.15) is 42.1 Å². The minimum atomic E-state index is -0.907. The third kappa shape index (κ3) is 6.48. The van der Waals surface area contributed by atoms with Crippen LogP contribution in [-0.2, 0) is 6.42 Å². The zero-order valence-corrected chi connectivity index (χ0v) is 15.0. The molecule has 0 unspecified atom stereocenters. The molecule has 2 heterocycles. The van der Waals surface area contributed by atoms with Crippen LogP contribution in [0.25, 0.3) is 11.3 Å². The van der Waals surface area contributed by atoms with Crippen LogP contribution in [0.4, 0.5) is 0 Å². The number of aromatic carboxylic acids is 1. The van der Waals surface area contributed by atoms with Gasteiger partial charge in [0.25, 0.3) is 0 Å². The van der Waals surface area contributed by atoms with Gasteiger partial charge in [0.15, 0.2) is 0 Å². The molecule has 2 aromatic heterocycles. The van der Waals surface area contributed by atoms with Gasteiger partial charge in [0.05, 0.1) is 11.3 Å². The normalized spacial score (nSPS) is 9.88. The predicted molar refractivity (Wildman–Crippen MR) is 104 cm³/mol. The molecule has 0 bridgehead atoms. The molecule has 26 heavy (non-hydrogen) atoms. The standard InChI is InChI=1S/C17H19NO2.C5H5N/c1-2-3-4-5-13-6-11-16(18-12-13)14-7-9-15(10-8-14)17(19)20;1-2-4-6-5-3-1/h6-12H,2-5H2,1H3,(H,19,20);1-5H. The smallest absolute Gasteiger partial charge is 0.335 e. The van der Waals surface area contributed by atoms with Gasteiger partial charge < -0.3 is 5.11 Å². The number of nitrogens with zero attached hydrogens (tertiary/aromatic N) is 2. The summed E-state index contributed by atoms with van der Waals surface area (Å²) in [7, 11) is 0. The second-order valence-corrected chi connectivity index (χ2v) is 5.92. The second kappa shape index (κ2) is 10.8. The number of carboxylic acids is 1. The Morgan fingerprint density at radius 3 is 2.15 bits per heavy atom. The summed E-state index contributed by atoms with van der Waals surface area (Å²) in [4.78, 5) is 19.0. The maximum atomic E-state index is 10.8. The van der Waals surface area contributed by atoms with Crippen LogP contribution in [0.3, 0.4) is 0 Å². The van der Waals surface area contributed by atoms with Gasteiger partial charge in [-0.1, -0.05) is 44.0 Å². The minimum Gasteiger partial charge on any atom is -0.478 e. The van der Waals surface area contributed by atoms with E-state index in [1.807, 2.05) is 30.5 Å². The van der Waals surface area contributed by atoms with E-state index in [-0.39, 0.29) is 0 Å². The molecular weight excluding hydrogens is 324 g/mol. The lowest BCUT2D eigenvalue weighted by Gasteiger charge is -2.04. The van der Waals surface area contributed by atoms with E-state index in [4.69, 9.17) is 5.11 Å². The lowest BCUT2D eigenvalue weighted by Crippen LogP contribution is -1.95. The molecular formula is C22H24N2O2. The molecule has 0 spiro atoms. The van der Waals surface area contributed by atoms with Crippen molar-refractivity contribution >= 4 is 5.97 Å². The lowest BCUT2D eigenvalue weighted by atomic mass is 10.1. The number of unbranched alkanes of at least 4 members (excludes halogenated alkanes) is 2. The van der Waals surface area contributed by atoms with E-state index in [2.05, 4.69) is 23.0 Å². The first-order valence-corrected chi connectivity index (χ1v) is 8.84. The van der Waals surface area contributed by atoms with E-state index >= 15 is 0 Å². The topological polar surface area (TPSA) is 63.1 Å². The first kappa shape index (κ1) is 19.3. The molecule has 0 aliphatic heterocycles. The predicted octanol–water partition coefficient (Wildman–Crippen LogP) is 5.26. The zero-order chi connectivity index (χ0) is 18.6. The molecule has 1 N–H and O–H groups in total. The molecule has 134 valence electrons. The minimum absolute atomic E-state index is 0.296. The third-order valence-electron chi connectivity index (χ3n) is 3.89. The molecule has 1 aromatic carbocycles. The Hall–Kier alpha value is -3.01. The average molecular weight is 348 g/mol. The number of carbonyl (C=O) groups is 1. The van der Waals surface area contributed by atoms with Gasteiger partial charge in [0.1, 0.15) is 0 Å². The van der Waals surface area contributed by atoms with Gasteiger partial charge in [-0.05, 0) is 48.7 Å². The summed E-state index contributed by atoms with van der Waals surface area (Å²) in [5, 5.41) is 8.87. The summed E-state index contributed by atoms with van der Waals surface area (Å²) in [5.74, 6) is -0.907. The van der Waals surface area contributed by atoms with Crippen LogP contribution in [0.5, 0.6) is 0 Å². The number of hydrogen-bond donors (Lipinski definition) is 1. The van der Waals surface area contributed by atoms with Gasteiger partial charge in [-0.15, -0.1) is 0 Å². The molecule has 3 aromatic rings. The molecule has 0 atom stereocenters. The van der Waals surface area contributed by atoms with Crippen molar-refractivity contribution in [2.75, 3.05) is 0 Å². The fourth-order valence-corrected chi connectivity index (χ4v) is 2.42. The number of benzene rings is 1. The van der Waals surface area contributed by atoms with E-state index in [1.54, 1.807) is 36.7 Å². The summed E-state index contributed by atoms with van der Waals surface area (Å²) in [6.45, 7) is 2.20. The number of pyridine rings is 2. The highest BCUT2D eigenvalue weighted by atomic mass is 16.4. The van der Waals surface area contributed by atoms with E-state index in [9.17, 15) is 4.79 Å². The first-order valence-electron chi connectivity index (χ1n) is 8.84. The molecule has 3 rings (SSSR count). The largest absolute Gasteiger partial charge is 0.478 e. The SMILES string of the molecule is CCCCCc1ccc(-c2ccc(C(=O)O)cc2)nc1.c1ccncc1. The molecule has 0 aliphatic carbocycles. The van der Waals surface area contributed by atoms with Gasteiger partial charge in [-0.3, -0.25) is 9.97 Å². The average Bonchev–Trinajstić information content (AvgIpc) is 2.71. The molecule has 0 fully saturated rings. The summed E-state index contributed by atoms with van der Waals surface area (Å²) >= 11 is 0. The quantitative estimate of drug-likeness (QED) is 0.617. The van der Waals surface area contributed by atoms with Crippen LogP contribution < -0.4 is 0 Å². The van der Waals surface area contributed by atoms with Crippen molar-refractivity contribution < 1.29 is 9.90 Å². The van der Waals surface area contributed by atoms with Crippen LogP contribution in [0.2, 0.25) is 0 Å². The molecule has 4 heteroatoms. The molecule has 0 saturated carbocycles. The van der Waals surface area contributed by atoms with Gasteiger partial charge in [0.2, 0.25) is 0 Å². The number of rotatable bonds is 6. The molecule has 0 saturated heterocycles. The van der Waals surface area contributed by atoms with Gasteiger partial charge in [-0.2, -0.15) is 0 Å². The first-order chi connectivity index (χ1) is 12.7. The monoisotopic (exact) mass is 348 g/mol. The summed E-state index contributed by atoms with van der Waals surface area (Å²) in [6.07, 6.45) is 10.2. The van der Waals surface area contributed by atoms with Crippen molar-refractivity contribution in [3.05, 3.63) is 84.3 Å². The number of aryl methyl sites for hydroxylation is 1. The van der Waals surface area contributed by atoms with E-state index < -0.39 is 5.97 Å². The van der Waals surface area contributed by atoms with Gasteiger partial charge in [-0.25, -0.2) is 4.79 Å². The zero-order valence-electron chi connectivity index (χ0n) is 15.0. The van der Waals surface area contributed by atoms with E-state index in [1.165, 1.54) is 24.8 Å². The van der Waals surface area contributed by atoms with Crippen molar-refractivity contribution in [1.82, 2.24) is 9.97 Å². The van der Waals surface area contributed by atoms with Crippen molar-refractivity contribution in [3.63, 3.8) is 0 Å². The van der Waals surface area contributed by atoms with E-state index in [0.29, 0.717) is 5.56 Å². The molecule has 0 aliphatic rings. The fraction of sp³-hybridized carbons (Fsp3) is 0.227. The van der Waals surface area contributed by atoms with Crippen LogP contribution in [-0.4, -0.2) is 21.0 Å². The maximum absolute atomic E-state index is 10.8. The fourth-order valence-electron chi connectivity index (χ4n) is 2.42. The lowest BCUT2D eigenvalue weighted by molar-refractivity contribution is 0.0697. The highest BCUT2D eigenvalue weighted by Crippen LogP contribution is 2.18.